The standard InChI is InChI=1S/C8H12ClNO2/c1-4-5-6(9)10-7(12-5)8(2,3)11/h11H,4H2,1-3H3. The molecule has 3 nitrogen and oxygen atoms in total. The first-order valence-electron chi connectivity index (χ1n) is 3.83. The predicted octanol–water partition coefficient (Wildman–Crippen LogP) is 2.12. The minimum absolute atomic E-state index is 0.268. The highest BCUT2D eigenvalue weighted by Gasteiger charge is 2.24. The van der Waals surface area contributed by atoms with E-state index >= 15 is 0 Å². The molecule has 0 fully saturated rings. The van der Waals surface area contributed by atoms with Crippen LogP contribution in [0.5, 0.6) is 0 Å². The third-order valence-electron chi connectivity index (χ3n) is 1.49. The van der Waals surface area contributed by atoms with E-state index in [2.05, 4.69) is 4.98 Å². The molecule has 0 saturated carbocycles. The van der Waals surface area contributed by atoms with Gasteiger partial charge in [0.15, 0.2) is 5.15 Å². The summed E-state index contributed by atoms with van der Waals surface area (Å²) in [6, 6.07) is 0. The summed E-state index contributed by atoms with van der Waals surface area (Å²) in [6.45, 7) is 5.13. The summed E-state index contributed by atoms with van der Waals surface area (Å²) in [5, 5.41) is 9.85. The topological polar surface area (TPSA) is 46.3 Å². The van der Waals surface area contributed by atoms with Crippen LogP contribution in [-0.2, 0) is 12.0 Å². The first-order chi connectivity index (χ1) is 5.45. The second-order valence-electron chi connectivity index (χ2n) is 3.15. The van der Waals surface area contributed by atoms with Gasteiger partial charge in [-0.2, -0.15) is 4.98 Å². The second-order valence-corrected chi connectivity index (χ2v) is 3.50. The lowest BCUT2D eigenvalue weighted by atomic mass is 10.1. The van der Waals surface area contributed by atoms with E-state index in [0.717, 1.165) is 0 Å². The molecule has 0 unspecified atom stereocenters. The van der Waals surface area contributed by atoms with Crippen molar-refractivity contribution in [3.8, 4) is 0 Å². The molecule has 1 aromatic heterocycles. The zero-order valence-electron chi connectivity index (χ0n) is 7.39. The van der Waals surface area contributed by atoms with Gasteiger partial charge in [-0.15, -0.1) is 0 Å². The highest BCUT2D eigenvalue weighted by molar-refractivity contribution is 6.30. The fraction of sp³-hybridized carbons (Fsp3) is 0.625. The van der Waals surface area contributed by atoms with Crippen molar-refractivity contribution in [2.75, 3.05) is 0 Å². The van der Waals surface area contributed by atoms with Crippen molar-refractivity contribution in [1.82, 2.24) is 4.98 Å². The molecule has 0 saturated heterocycles. The molecule has 0 aliphatic heterocycles. The number of aliphatic hydroxyl groups is 1. The van der Waals surface area contributed by atoms with Crippen LogP contribution in [0.4, 0.5) is 0 Å². The number of nitrogens with zero attached hydrogens (tertiary/aromatic N) is 1. The van der Waals surface area contributed by atoms with Gasteiger partial charge in [-0.1, -0.05) is 18.5 Å². The van der Waals surface area contributed by atoms with Crippen LogP contribution in [0.15, 0.2) is 4.42 Å². The molecule has 0 aromatic carbocycles. The van der Waals surface area contributed by atoms with Crippen LogP contribution in [0, 0.1) is 0 Å². The molecule has 1 heterocycles. The number of aromatic nitrogens is 1. The van der Waals surface area contributed by atoms with E-state index in [-0.39, 0.29) is 5.89 Å². The number of aryl methyl sites for hydroxylation is 1. The summed E-state index contributed by atoms with van der Waals surface area (Å²) in [4.78, 5) is 3.90. The maximum Gasteiger partial charge on any atom is 0.227 e. The summed E-state index contributed by atoms with van der Waals surface area (Å²) >= 11 is 5.74. The maximum absolute atomic E-state index is 9.51. The second kappa shape index (κ2) is 3.07. The van der Waals surface area contributed by atoms with Crippen molar-refractivity contribution in [1.29, 1.82) is 0 Å². The lowest BCUT2D eigenvalue weighted by molar-refractivity contribution is 0.0472. The Morgan fingerprint density at radius 2 is 2.17 bits per heavy atom. The molecular weight excluding hydrogens is 178 g/mol. The Morgan fingerprint density at radius 1 is 1.58 bits per heavy atom. The number of hydrogen-bond acceptors (Lipinski definition) is 3. The SMILES string of the molecule is CCc1oc(C(C)(C)O)nc1Cl. The number of rotatable bonds is 2. The van der Waals surface area contributed by atoms with Gasteiger partial charge in [-0.25, -0.2) is 0 Å². The molecule has 0 bridgehead atoms. The third kappa shape index (κ3) is 1.79. The summed E-state index contributed by atoms with van der Waals surface area (Å²) in [5.41, 5.74) is -1.06. The van der Waals surface area contributed by atoms with Gasteiger partial charge in [0.05, 0.1) is 0 Å². The monoisotopic (exact) mass is 189 g/mol. The average Bonchev–Trinajstić information content (AvgIpc) is 2.29. The van der Waals surface area contributed by atoms with E-state index in [1.807, 2.05) is 6.92 Å². The van der Waals surface area contributed by atoms with E-state index in [1.54, 1.807) is 13.8 Å². The zero-order valence-corrected chi connectivity index (χ0v) is 8.14. The van der Waals surface area contributed by atoms with Crippen molar-refractivity contribution in [3.05, 3.63) is 16.8 Å². The van der Waals surface area contributed by atoms with Gasteiger partial charge in [0.1, 0.15) is 11.4 Å². The Morgan fingerprint density at radius 3 is 2.42 bits per heavy atom. The van der Waals surface area contributed by atoms with Crippen LogP contribution in [0.2, 0.25) is 5.15 Å². The van der Waals surface area contributed by atoms with Crippen molar-refractivity contribution < 1.29 is 9.52 Å². The predicted molar refractivity (Wildman–Crippen MR) is 46.1 cm³/mol. The maximum atomic E-state index is 9.51. The van der Waals surface area contributed by atoms with Crippen LogP contribution >= 0.6 is 11.6 Å². The number of hydrogen-bond donors (Lipinski definition) is 1. The first-order valence-corrected chi connectivity index (χ1v) is 4.21. The molecule has 0 radical (unpaired) electrons. The molecule has 0 atom stereocenters. The Kier molecular flexibility index (Phi) is 2.44. The largest absolute Gasteiger partial charge is 0.441 e. The molecule has 0 amide bonds. The van der Waals surface area contributed by atoms with E-state index in [4.69, 9.17) is 16.0 Å². The van der Waals surface area contributed by atoms with Gasteiger partial charge in [0, 0.05) is 6.42 Å². The molecule has 0 aliphatic carbocycles. The lowest BCUT2D eigenvalue weighted by Crippen LogP contribution is -2.15. The molecule has 0 aliphatic rings. The van der Waals surface area contributed by atoms with E-state index in [1.165, 1.54) is 0 Å². The lowest BCUT2D eigenvalue weighted by Gasteiger charge is -2.10. The Balaban J connectivity index is 3.05. The molecule has 1 aromatic rings. The van der Waals surface area contributed by atoms with Gasteiger partial charge >= 0.3 is 0 Å². The highest BCUT2D eigenvalue weighted by atomic mass is 35.5. The van der Waals surface area contributed by atoms with Gasteiger partial charge < -0.3 is 9.52 Å². The summed E-state index contributed by atoms with van der Waals surface area (Å²) in [6.07, 6.45) is 0.682. The van der Waals surface area contributed by atoms with Crippen molar-refractivity contribution in [2.24, 2.45) is 0 Å². The molecule has 0 spiro atoms. The normalized spacial score (nSPS) is 12.1. The van der Waals surface area contributed by atoms with Gasteiger partial charge in [-0.05, 0) is 13.8 Å². The molecule has 1 N–H and O–H groups in total. The quantitative estimate of drug-likeness (QED) is 0.775. The Labute approximate surface area is 76.4 Å². The summed E-state index contributed by atoms with van der Waals surface area (Å²) in [7, 11) is 0. The fourth-order valence-corrected chi connectivity index (χ4v) is 1.06. The van der Waals surface area contributed by atoms with Crippen LogP contribution < -0.4 is 0 Å². The molecule has 12 heavy (non-hydrogen) atoms. The van der Waals surface area contributed by atoms with Gasteiger partial charge in [0.2, 0.25) is 5.89 Å². The minimum atomic E-state index is -1.06. The fourth-order valence-electron chi connectivity index (χ4n) is 0.813. The van der Waals surface area contributed by atoms with Crippen LogP contribution in [0.25, 0.3) is 0 Å². The average molecular weight is 190 g/mol. The number of oxazole rings is 1. The first kappa shape index (κ1) is 9.55. The van der Waals surface area contributed by atoms with Crippen LogP contribution in [-0.4, -0.2) is 10.1 Å². The van der Waals surface area contributed by atoms with Crippen molar-refractivity contribution >= 4 is 11.6 Å². The van der Waals surface area contributed by atoms with E-state index in [0.29, 0.717) is 17.3 Å². The third-order valence-corrected chi connectivity index (χ3v) is 1.79. The minimum Gasteiger partial charge on any atom is -0.441 e. The van der Waals surface area contributed by atoms with Crippen molar-refractivity contribution in [2.45, 2.75) is 32.8 Å². The van der Waals surface area contributed by atoms with Crippen LogP contribution in [0.3, 0.4) is 0 Å². The zero-order chi connectivity index (χ0) is 9.35. The van der Waals surface area contributed by atoms with Gasteiger partial charge in [-0.3, -0.25) is 0 Å². The Bertz CT molecular complexity index is 275. The molecule has 68 valence electrons. The van der Waals surface area contributed by atoms with Crippen LogP contribution in [0.1, 0.15) is 32.4 Å². The molecule has 1 rings (SSSR count). The molecular formula is C8H12ClNO2. The van der Waals surface area contributed by atoms with Crippen molar-refractivity contribution in [3.63, 3.8) is 0 Å². The van der Waals surface area contributed by atoms with E-state index < -0.39 is 5.60 Å². The molecule has 4 heteroatoms. The summed E-state index contributed by atoms with van der Waals surface area (Å²) < 4.78 is 5.23. The summed E-state index contributed by atoms with van der Waals surface area (Å²) in [5.74, 6) is 0.887. The van der Waals surface area contributed by atoms with E-state index in [9.17, 15) is 5.11 Å². The van der Waals surface area contributed by atoms with Gasteiger partial charge in [0.25, 0.3) is 0 Å². The number of halogens is 1. The highest BCUT2D eigenvalue weighted by Crippen LogP contribution is 2.24. The Hall–Kier alpha value is -0.540. The smallest absolute Gasteiger partial charge is 0.227 e.